The van der Waals surface area contributed by atoms with Crippen LogP contribution < -0.4 is 11.2 Å². The first kappa shape index (κ1) is 25.1. The first-order valence-corrected chi connectivity index (χ1v) is 10.2. The fourth-order valence-corrected chi connectivity index (χ4v) is 3.92. The maximum absolute atomic E-state index is 13.1. The van der Waals surface area contributed by atoms with Gasteiger partial charge in [0.05, 0.1) is 33.0 Å². The van der Waals surface area contributed by atoms with Crippen molar-refractivity contribution in [1.29, 1.82) is 0 Å². The summed E-state index contributed by atoms with van der Waals surface area (Å²) >= 11 is 10.7. The summed E-state index contributed by atoms with van der Waals surface area (Å²) in [6.07, 6.45) is -4.76. The van der Waals surface area contributed by atoms with Crippen molar-refractivity contribution in [3.05, 3.63) is 67.6 Å². The molecule has 2 aromatic carbocycles. The van der Waals surface area contributed by atoms with Crippen LogP contribution in [0, 0.1) is 5.82 Å². The number of thioether (sulfide) groups is 1. The highest BCUT2D eigenvalue weighted by molar-refractivity contribution is 8.00. The van der Waals surface area contributed by atoms with Crippen molar-refractivity contribution < 1.29 is 27.8 Å². The van der Waals surface area contributed by atoms with Crippen LogP contribution in [0.2, 0.25) is 5.02 Å². The molecule has 0 aliphatic carbocycles. The molecule has 0 spiro atoms. The average Bonchev–Trinajstić information content (AvgIpc) is 2.68. The van der Waals surface area contributed by atoms with E-state index in [2.05, 4.69) is 17.6 Å². The SMILES string of the molecule is O=c1[nH]c(=O)c2cc(C(F)(F)F)c(Cl)c(SCC(S)CO)c2[nH]1.Oc1ccc(F)cc1. The molecule has 0 aliphatic rings. The highest BCUT2D eigenvalue weighted by Crippen LogP contribution is 2.42. The van der Waals surface area contributed by atoms with E-state index in [1.54, 1.807) is 0 Å². The Morgan fingerprint density at radius 2 is 1.77 bits per heavy atom. The minimum Gasteiger partial charge on any atom is -0.508 e. The van der Waals surface area contributed by atoms with E-state index in [0.717, 1.165) is 11.8 Å². The van der Waals surface area contributed by atoms with Gasteiger partial charge in [-0.05, 0) is 30.3 Å². The lowest BCUT2D eigenvalue weighted by Gasteiger charge is -2.15. The Bertz CT molecular complexity index is 1150. The van der Waals surface area contributed by atoms with E-state index in [9.17, 15) is 27.2 Å². The topological polar surface area (TPSA) is 106 Å². The zero-order valence-electron chi connectivity index (χ0n) is 15.3. The number of aromatic amines is 2. The molecule has 6 nitrogen and oxygen atoms in total. The monoisotopic (exact) mass is 498 g/mol. The number of phenolic OH excluding ortho intramolecular Hbond substituents is 1. The molecule has 13 heteroatoms. The highest BCUT2D eigenvalue weighted by atomic mass is 35.5. The molecule has 0 saturated carbocycles. The van der Waals surface area contributed by atoms with Crippen LogP contribution in [0.4, 0.5) is 17.6 Å². The molecule has 3 rings (SSSR count). The maximum atomic E-state index is 13.1. The van der Waals surface area contributed by atoms with Crippen molar-refractivity contribution in [2.45, 2.75) is 16.3 Å². The Kier molecular flexibility index (Phi) is 8.46. The van der Waals surface area contributed by atoms with Crippen molar-refractivity contribution >= 4 is 46.9 Å². The first-order chi connectivity index (χ1) is 14.4. The largest absolute Gasteiger partial charge is 0.508 e. The molecule has 0 bridgehead atoms. The predicted molar refractivity (Wildman–Crippen MR) is 114 cm³/mol. The Morgan fingerprint density at radius 1 is 1.16 bits per heavy atom. The van der Waals surface area contributed by atoms with Crippen LogP contribution in [0.5, 0.6) is 5.75 Å². The molecule has 0 aliphatic heterocycles. The zero-order valence-corrected chi connectivity index (χ0v) is 17.8. The summed E-state index contributed by atoms with van der Waals surface area (Å²) in [7, 11) is 0. The van der Waals surface area contributed by atoms with Crippen LogP contribution in [0.1, 0.15) is 5.56 Å². The molecule has 0 amide bonds. The van der Waals surface area contributed by atoms with E-state index in [-0.39, 0.29) is 39.7 Å². The predicted octanol–water partition coefficient (Wildman–Crippen LogP) is 3.80. The number of halogens is 5. The Labute approximate surface area is 186 Å². The number of aromatic nitrogens is 2. The molecule has 3 aromatic rings. The molecule has 1 atom stereocenters. The van der Waals surface area contributed by atoms with Gasteiger partial charge in [-0.3, -0.25) is 9.78 Å². The molecule has 0 radical (unpaired) electrons. The molecule has 0 saturated heterocycles. The zero-order chi connectivity index (χ0) is 23.3. The van der Waals surface area contributed by atoms with Crippen LogP contribution in [-0.2, 0) is 6.18 Å². The summed E-state index contributed by atoms with van der Waals surface area (Å²) in [5, 5.41) is 16.1. The van der Waals surface area contributed by atoms with Gasteiger partial charge in [0, 0.05) is 11.0 Å². The molecular formula is C18H15ClF4N2O4S2. The third-order valence-corrected chi connectivity index (χ3v) is 6.06. The van der Waals surface area contributed by atoms with Crippen molar-refractivity contribution in [2.24, 2.45) is 0 Å². The van der Waals surface area contributed by atoms with E-state index >= 15 is 0 Å². The molecule has 1 heterocycles. The minimum absolute atomic E-state index is 0.0831. The number of nitrogens with one attached hydrogen (secondary N) is 2. The van der Waals surface area contributed by atoms with Crippen LogP contribution in [0.25, 0.3) is 10.9 Å². The molecule has 1 unspecified atom stereocenters. The second kappa shape index (κ2) is 10.4. The lowest BCUT2D eigenvalue weighted by Crippen LogP contribution is -2.23. The normalized spacial score (nSPS) is 12.4. The van der Waals surface area contributed by atoms with Crippen LogP contribution >= 0.6 is 36.0 Å². The van der Waals surface area contributed by atoms with E-state index in [4.69, 9.17) is 21.8 Å². The summed E-state index contributed by atoms with van der Waals surface area (Å²) in [5.41, 5.74) is -3.06. The third-order valence-electron chi connectivity index (χ3n) is 3.69. The van der Waals surface area contributed by atoms with Crippen LogP contribution in [-0.4, -0.2) is 37.8 Å². The van der Waals surface area contributed by atoms with Gasteiger partial charge < -0.3 is 15.2 Å². The number of H-pyrrole nitrogens is 2. The first-order valence-electron chi connectivity index (χ1n) is 8.36. The van der Waals surface area contributed by atoms with Crippen LogP contribution in [0.15, 0.2) is 44.8 Å². The number of alkyl halides is 3. The van der Waals surface area contributed by atoms with E-state index in [0.29, 0.717) is 6.07 Å². The van der Waals surface area contributed by atoms with Crippen LogP contribution in [0.3, 0.4) is 0 Å². The molecule has 1 aromatic heterocycles. The van der Waals surface area contributed by atoms with Gasteiger partial charge >= 0.3 is 11.9 Å². The van der Waals surface area contributed by atoms with Gasteiger partial charge in [0.1, 0.15) is 11.6 Å². The van der Waals surface area contributed by atoms with Crippen molar-refractivity contribution in [1.82, 2.24) is 9.97 Å². The standard InChI is InChI=1S/C12H10ClF3N2O3S2.C6H5FO/c13-7-6(12(14,15)16)1-5-8(17-11(21)18-10(5)20)9(7)23-3-4(22)2-19;7-5-1-3-6(8)4-2-5/h1,4,19,22H,2-3H2,(H2,17,18,20,21);1-4,8H. The average molecular weight is 499 g/mol. The number of aromatic hydroxyl groups is 1. The molecule has 4 N–H and O–H groups in total. The van der Waals surface area contributed by atoms with Gasteiger partial charge in [-0.25, -0.2) is 9.18 Å². The summed E-state index contributed by atoms with van der Waals surface area (Å²) in [4.78, 5) is 27.3. The van der Waals surface area contributed by atoms with E-state index in [1.807, 2.05) is 4.98 Å². The number of thiol groups is 1. The number of hydrogen-bond acceptors (Lipinski definition) is 6. The summed E-state index contributed by atoms with van der Waals surface area (Å²) in [6, 6.07) is 5.61. The van der Waals surface area contributed by atoms with Crippen molar-refractivity contribution in [3.8, 4) is 5.75 Å². The second-order valence-corrected chi connectivity index (χ2v) is 8.16. The lowest BCUT2D eigenvalue weighted by atomic mass is 10.1. The number of aliphatic hydroxyl groups excluding tert-OH is 1. The lowest BCUT2D eigenvalue weighted by molar-refractivity contribution is -0.137. The smallest absolute Gasteiger partial charge is 0.417 e. The van der Waals surface area contributed by atoms with E-state index in [1.165, 1.54) is 24.3 Å². The van der Waals surface area contributed by atoms with Gasteiger partial charge in [-0.15, -0.1) is 11.8 Å². The second-order valence-electron chi connectivity index (χ2n) is 6.02. The molecule has 31 heavy (non-hydrogen) atoms. The molecule has 0 fully saturated rings. The fourth-order valence-electron chi connectivity index (χ4n) is 2.27. The van der Waals surface area contributed by atoms with Gasteiger partial charge in [0.25, 0.3) is 5.56 Å². The number of rotatable bonds is 4. The van der Waals surface area contributed by atoms with Gasteiger partial charge in [-0.1, -0.05) is 11.6 Å². The number of hydrogen-bond donors (Lipinski definition) is 5. The number of aliphatic hydroxyl groups is 1. The van der Waals surface area contributed by atoms with E-state index < -0.39 is 33.3 Å². The van der Waals surface area contributed by atoms with Gasteiger partial charge in [0.15, 0.2) is 0 Å². The minimum atomic E-state index is -4.76. The Balaban J connectivity index is 0.000000357. The fraction of sp³-hybridized carbons (Fsp3) is 0.222. The maximum Gasteiger partial charge on any atom is 0.417 e. The Hall–Kier alpha value is -2.15. The number of phenols is 1. The quantitative estimate of drug-likeness (QED) is 0.214. The molecular weight excluding hydrogens is 484 g/mol. The highest BCUT2D eigenvalue weighted by Gasteiger charge is 2.35. The number of benzene rings is 2. The molecule has 168 valence electrons. The van der Waals surface area contributed by atoms with Crippen molar-refractivity contribution in [2.75, 3.05) is 12.4 Å². The summed E-state index contributed by atoms with van der Waals surface area (Å²) < 4.78 is 51.3. The van der Waals surface area contributed by atoms with Crippen molar-refractivity contribution in [3.63, 3.8) is 0 Å². The summed E-state index contributed by atoms with van der Waals surface area (Å²) in [5.74, 6) is -0.112. The summed E-state index contributed by atoms with van der Waals surface area (Å²) in [6.45, 7) is -0.290. The third kappa shape index (κ3) is 6.66. The number of fused-ring (bicyclic) bond motifs is 1. The van der Waals surface area contributed by atoms with Gasteiger partial charge in [-0.2, -0.15) is 25.8 Å². The Morgan fingerprint density at radius 3 is 2.29 bits per heavy atom. The van der Waals surface area contributed by atoms with Gasteiger partial charge in [0.2, 0.25) is 0 Å².